The Morgan fingerprint density at radius 1 is 1.12 bits per heavy atom. The van der Waals surface area contributed by atoms with E-state index in [9.17, 15) is 4.39 Å². The highest BCUT2D eigenvalue weighted by atomic mass is 35.5. The molecule has 0 unspecified atom stereocenters. The third kappa shape index (κ3) is 2.27. The average molecular weight is 250 g/mol. The molecule has 0 heterocycles. The second-order valence-corrected chi connectivity index (χ2v) is 4.61. The van der Waals surface area contributed by atoms with Crippen LogP contribution in [-0.4, -0.2) is 0 Å². The molecule has 2 N–H and O–H groups in total. The normalized spacial score (nSPS) is 10.6. The minimum atomic E-state index is -0.253. The van der Waals surface area contributed by atoms with E-state index >= 15 is 0 Å². The van der Waals surface area contributed by atoms with Gasteiger partial charge in [-0.25, -0.2) is 4.39 Å². The molecule has 17 heavy (non-hydrogen) atoms. The lowest BCUT2D eigenvalue weighted by molar-refractivity contribution is 0.629. The van der Waals surface area contributed by atoms with Crippen molar-refractivity contribution in [1.82, 2.24) is 0 Å². The zero-order chi connectivity index (χ0) is 12.6. The third-order valence-corrected chi connectivity index (χ3v) is 2.95. The van der Waals surface area contributed by atoms with Gasteiger partial charge in [-0.15, -0.1) is 0 Å². The van der Waals surface area contributed by atoms with E-state index in [-0.39, 0.29) is 5.82 Å². The third-order valence-electron chi connectivity index (χ3n) is 2.71. The number of hydrogen-bond acceptors (Lipinski definition) is 1. The number of hydrogen-bond donors (Lipinski definition) is 1. The summed E-state index contributed by atoms with van der Waals surface area (Å²) >= 11 is 5.84. The van der Waals surface area contributed by atoms with Gasteiger partial charge < -0.3 is 5.73 Å². The van der Waals surface area contributed by atoms with Gasteiger partial charge >= 0.3 is 0 Å². The minimum absolute atomic E-state index is 0.253. The molecule has 0 aliphatic carbocycles. The molecule has 0 fully saturated rings. The van der Waals surface area contributed by atoms with Crippen LogP contribution in [0, 0.1) is 19.7 Å². The van der Waals surface area contributed by atoms with Gasteiger partial charge in [-0.3, -0.25) is 0 Å². The molecule has 0 aliphatic rings. The summed E-state index contributed by atoms with van der Waals surface area (Å²) in [6, 6.07) is 8.54. The lowest BCUT2D eigenvalue weighted by atomic mass is 9.97. The van der Waals surface area contributed by atoms with Gasteiger partial charge in [-0.2, -0.15) is 0 Å². The van der Waals surface area contributed by atoms with E-state index in [1.807, 2.05) is 19.9 Å². The molecule has 0 saturated heterocycles. The van der Waals surface area contributed by atoms with E-state index in [0.717, 1.165) is 11.1 Å². The Hall–Kier alpha value is -1.54. The van der Waals surface area contributed by atoms with Crippen LogP contribution in [-0.2, 0) is 0 Å². The fourth-order valence-electron chi connectivity index (χ4n) is 2.02. The maximum Gasteiger partial charge on any atom is 0.131 e. The molecule has 2 aromatic carbocycles. The van der Waals surface area contributed by atoms with Crippen molar-refractivity contribution < 1.29 is 4.39 Å². The molecule has 0 radical (unpaired) electrons. The minimum Gasteiger partial charge on any atom is -0.398 e. The fourth-order valence-corrected chi connectivity index (χ4v) is 2.20. The summed E-state index contributed by atoms with van der Waals surface area (Å²) in [4.78, 5) is 0. The van der Waals surface area contributed by atoms with Crippen LogP contribution < -0.4 is 5.73 Å². The highest BCUT2D eigenvalue weighted by Crippen LogP contribution is 2.33. The standard InChI is InChI=1S/C14H13ClFN/c1-8-5-9(2)14(12(16)6-8)11-4-3-10(15)7-13(11)17/h3-7H,17H2,1-2H3. The lowest BCUT2D eigenvalue weighted by Crippen LogP contribution is -1.95. The van der Waals surface area contributed by atoms with Gasteiger partial charge in [0.05, 0.1) is 0 Å². The molecular weight excluding hydrogens is 237 g/mol. The van der Waals surface area contributed by atoms with Gasteiger partial charge in [0.1, 0.15) is 5.82 Å². The van der Waals surface area contributed by atoms with Gasteiger partial charge in [-0.1, -0.05) is 23.7 Å². The van der Waals surface area contributed by atoms with Crippen molar-refractivity contribution in [3.8, 4) is 11.1 Å². The molecule has 88 valence electrons. The first-order chi connectivity index (χ1) is 7.99. The lowest BCUT2D eigenvalue weighted by Gasteiger charge is -2.11. The first-order valence-electron chi connectivity index (χ1n) is 5.31. The summed E-state index contributed by atoms with van der Waals surface area (Å²) in [5.41, 5.74) is 9.37. The molecule has 2 rings (SSSR count). The van der Waals surface area contributed by atoms with Crippen LogP contribution in [0.5, 0.6) is 0 Å². The van der Waals surface area contributed by atoms with E-state index in [1.54, 1.807) is 18.2 Å². The molecule has 0 aromatic heterocycles. The van der Waals surface area contributed by atoms with Crippen molar-refractivity contribution in [2.45, 2.75) is 13.8 Å². The number of anilines is 1. The summed E-state index contributed by atoms with van der Waals surface area (Å²) in [5.74, 6) is -0.253. The maximum atomic E-state index is 14.0. The van der Waals surface area contributed by atoms with E-state index in [0.29, 0.717) is 21.8 Å². The Labute approximate surface area is 105 Å². The maximum absolute atomic E-state index is 14.0. The van der Waals surface area contributed by atoms with Crippen LogP contribution in [0.1, 0.15) is 11.1 Å². The number of aryl methyl sites for hydroxylation is 2. The van der Waals surface area contributed by atoms with E-state index < -0.39 is 0 Å². The Balaban J connectivity index is 2.68. The van der Waals surface area contributed by atoms with E-state index in [1.165, 1.54) is 6.07 Å². The Bertz CT molecular complexity index is 555. The van der Waals surface area contributed by atoms with Crippen LogP contribution >= 0.6 is 11.6 Å². The summed E-state index contributed by atoms with van der Waals surface area (Å²) in [6.45, 7) is 3.74. The van der Waals surface area contributed by atoms with Crippen molar-refractivity contribution in [1.29, 1.82) is 0 Å². The van der Waals surface area contributed by atoms with Gasteiger partial charge in [0.25, 0.3) is 0 Å². The molecule has 1 nitrogen and oxygen atoms in total. The number of halogens is 2. The van der Waals surface area contributed by atoms with Crippen molar-refractivity contribution >= 4 is 17.3 Å². The second-order valence-electron chi connectivity index (χ2n) is 4.17. The van der Waals surface area contributed by atoms with Crippen LogP contribution in [0.2, 0.25) is 5.02 Å². The number of rotatable bonds is 1. The number of benzene rings is 2. The molecular formula is C14H13ClFN. The summed E-state index contributed by atoms with van der Waals surface area (Å²) < 4.78 is 14.0. The second kappa shape index (κ2) is 4.38. The molecule has 0 saturated carbocycles. The van der Waals surface area contributed by atoms with Crippen molar-refractivity contribution in [3.63, 3.8) is 0 Å². The average Bonchev–Trinajstić information content (AvgIpc) is 2.19. The predicted octanol–water partition coefficient (Wildman–Crippen LogP) is 4.35. The van der Waals surface area contributed by atoms with Crippen LogP contribution in [0.25, 0.3) is 11.1 Å². The molecule has 0 spiro atoms. The van der Waals surface area contributed by atoms with Crippen LogP contribution in [0.4, 0.5) is 10.1 Å². The Morgan fingerprint density at radius 3 is 2.41 bits per heavy atom. The quantitative estimate of drug-likeness (QED) is 0.748. The zero-order valence-corrected chi connectivity index (χ0v) is 10.5. The van der Waals surface area contributed by atoms with E-state index in [4.69, 9.17) is 17.3 Å². The highest BCUT2D eigenvalue weighted by molar-refractivity contribution is 6.31. The van der Waals surface area contributed by atoms with Gasteiger partial charge in [-0.05, 0) is 43.2 Å². The summed E-state index contributed by atoms with van der Waals surface area (Å²) in [5, 5.41) is 0.552. The predicted molar refractivity (Wildman–Crippen MR) is 70.7 cm³/mol. The van der Waals surface area contributed by atoms with Gasteiger partial charge in [0.15, 0.2) is 0 Å². The number of nitrogens with two attached hydrogens (primary N) is 1. The van der Waals surface area contributed by atoms with Crippen LogP contribution in [0.3, 0.4) is 0 Å². The van der Waals surface area contributed by atoms with Crippen molar-refractivity contribution in [2.24, 2.45) is 0 Å². The monoisotopic (exact) mass is 249 g/mol. The Morgan fingerprint density at radius 2 is 1.82 bits per heavy atom. The van der Waals surface area contributed by atoms with Crippen molar-refractivity contribution in [2.75, 3.05) is 5.73 Å². The SMILES string of the molecule is Cc1cc(C)c(-c2ccc(Cl)cc2N)c(F)c1. The first kappa shape index (κ1) is 11.9. The molecule has 0 bridgehead atoms. The topological polar surface area (TPSA) is 26.0 Å². The zero-order valence-electron chi connectivity index (χ0n) is 9.72. The highest BCUT2D eigenvalue weighted by Gasteiger charge is 2.12. The number of nitrogen functional groups attached to an aromatic ring is 1. The van der Waals surface area contributed by atoms with Gasteiger partial charge in [0, 0.05) is 21.8 Å². The fraction of sp³-hybridized carbons (Fsp3) is 0.143. The first-order valence-corrected chi connectivity index (χ1v) is 5.69. The Kier molecular flexibility index (Phi) is 3.07. The molecule has 0 aliphatic heterocycles. The summed E-state index contributed by atoms with van der Waals surface area (Å²) in [7, 11) is 0. The largest absolute Gasteiger partial charge is 0.398 e. The van der Waals surface area contributed by atoms with E-state index in [2.05, 4.69) is 0 Å². The summed E-state index contributed by atoms with van der Waals surface area (Å²) in [6.07, 6.45) is 0. The molecule has 3 heteroatoms. The van der Waals surface area contributed by atoms with Crippen molar-refractivity contribution in [3.05, 3.63) is 52.3 Å². The smallest absolute Gasteiger partial charge is 0.131 e. The van der Waals surface area contributed by atoms with Gasteiger partial charge in [0.2, 0.25) is 0 Å². The van der Waals surface area contributed by atoms with Crippen LogP contribution in [0.15, 0.2) is 30.3 Å². The molecule has 2 aromatic rings. The molecule has 0 atom stereocenters. The molecule has 0 amide bonds.